The summed E-state index contributed by atoms with van der Waals surface area (Å²) in [6, 6.07) is 0. The van der Waals surface area contributed by atoms with E-state index in [-0.39, 0.29) is 19.1 Å². The molecule has 6 heteroatoms. The molecule has 0 bridgehead atoms. The molecule has 1 atom stereocenters. The average molecular weight is 273 g/mol. The number of nitrogens with zero attached hydrogens (tertiary/aromatic N) is 1. The van der Waals surface area contributed by atoms with Gasteiger partial charge in [0.1, 0.15) is 5.60 Å². The molecule has 1 amide bonds. The molecule has 0 saturated carbocycles. The van der Waals surface area contributed by atoms with Crippen molar-refractivity contribution in [2.75, 3.05) is 26.8 Å². The summed E-state index contributed by atoms with van der Waals surface area (Å²) >= 11 is 0. The highest BCUT2D eigenvalue weighted by Crippen LogP contribution is 2.35. The Morgan fingerprint density at radius 1 is 1.37 bits per heavy atom. The molecule has 1 saturated heterocycles. The summed E-state index contributed by atoms with van der Waals surface area (Å²) in [5, 5.41) is 9.11. The number of methoxy groups -OCH3 is 1. The fraction of sp³-hybridized carbons (Fsp3) is 0.846. The van der Waals surface area contributed by atoms with Crippen molar-refractivity contribution < 1.29 is 24.2 Å². The lowest BCUT2D eigenvalue weighted by Gasteiger charge is -2.27. The first kappa shape index (κ1) is 15.8. The number of aliphatic hydroxyl groups excluding tert-OH is 1. The van der Waals surface area contributed by atoms with Crippen LogP contribution in [-0.2, 0) is 14.3 Å². The van der Waals surface area contributed by atoms with Gasteiger partial charge in [0, 0.05) is 19.7 Å². The Labute approximate surface area is 113 Å². The van der Waals surface area contributed by atoms with Crippen molar-refractivity contribution >= 4 is 12.1 Å². The van der Waals surface area contributed by atoms with Gasteiger partial charge < -0.3 is 19.5 Å². The summed E-state index contributed by atoms with van der Waals surface area (Å²) in [7, 11) is 1.32. The van der Waals surface area contributed by atoms with Crippen LogP contribution in [0.3, 0.4) is 0 Å². The first-order valence-electron chi connectivity index (χ1n) is 6.41. The van der Waals surface area contributed by atoms with Gasteiger partial charge in [-0.2, -0.15) is 0 Å². The molecule has 19 heavy (non-hydrogen) atoms. The molecule has 1 aliphatic rings. The maximum atomic E-state index is 12.0. The SMILES string of the molecule is COC(=O)C1(CCO)CCN(C(=O)OC(C)(C)C)C1. The van der Waals surface area contributed by atoms with Crippen molar-refractivity contribution in [3.05, 3.63) is 0 Å². The number of carbonyl (C=O) groups is 2. The van der Waals surface area contributed by atoms with Crippen LogP contribution in [0, 0.1) is 5.41 Å². The van der Waals surface area contributed by atoms with Gasteiger partial charge in [0.15, 0.2) is 0 Å². The summed E-state index contributed by atoms with van der Waals surface area (Å²) in [6.07, 6.45) is 0.342. The molecule has 0 aromatic carbocycles. The van der Waals surface area contributed by atoms with Crippen LogP contribution in [0.1, 0.15) is 33.6 Å². The normalized spacial score (nSPS) is 23.3. The molecule has 110 valence electrons. The van der Waals surface area contributed by atoms with E-state index in [1.54, 1.807) is 20.8 Å². The quantitative estimate of drug-likeness (QED) is 0.781. The molecular weight excluding hydrogens is 250 g/mol. The zero-order chi connectivity index (χ0) is 14.7. The van der Waals surface area contributed by atoms with Crippen molar-refractivity contribution in [3.8, 4) is 0 Å². The predicted molar refractivity (Wildman–Crippen MR) is 68.6 cm³/mol. The third kappa shape index (κ3) is 3.83. The average Bonchev–Trinajstić information content (AvgIpc) is 2.72. The van der Waals surface area contributed by atoms with Crippen LogP contribution in [0.5, 0.6) is 0 Å². The zero-order valence-electron chi connectivity index (χ0n) is 12.1. The van der Waals surface area contributed by atoms with E-state index < -0.39 is 17.1 Å². The molecule has 0 aliphatic carbocycles. The van der Waals surface area contributed by atoms with Crippen LogP contribution in [0.4, 0.5) is 4.79 Å². The lowest BCUT2D eigenvalue weighted by Crippen LogP contribution is -2.40. The maximum absolute atomic E-state index is 12.0. The Balaban J connectivity index is 2.74. The minimum absolute atomic E-state index is 0.114. The molecule has 1 fully saturated rings. The van der Waals surface area contributed by atoms with Crippen LogP contribution >= 0.6 is 0 Å². The van der Waals surface area contributed by atoms with E-state index in [2.05, 4.69) is 0 Å². The van der Waals surface area contributed by atoms with Gasteiger partial charge in [-0.3, -0.25) is 4.79 Å². The van der Waals surface area contributed by atoms with Crippen molar-refractivity contribution in [2.24, 2.45) is 5.41 Å². The number of rotatable bonds is 3. The summed E-state index contributed by atoms with van der Waals surface area (Å²) in [4.78, 5) is 25.3. The van der Waals surface area contributed by atoms with E-state index in [1.165, 1.54) is 12.0 Å². The number of carbonyl (C=O) groups excluding carboxylic acids is 2. The first-order valence-corrected chi connectivity index (χ1v) is 6.41. The van der Waals surface area contributed by atoms with Gasteiger partial charge in [0.2, 0.25) is 0 Å². The smallest absolute Gasteiger partial charge is 0.410 e. The number of likely N-dealkylation sites (tertiary alicyclic amines) is 1. The highest BCUT2D eigenvalue weighted by Gasteiger charge is 2.47. The van der Waals surface area contributed by atoms with Crippen molar-refractivity contribution in [3.63, 3.8) is 0 Å². The number of hydrogen-bond donors (Lipinski definition) is 1. The van der Waals surface area contributed by atoms with E-state index in [4.69, 9.17) is 14.6 Å². The van der Waals surface area contributed by atoms with Crippen molar-refractivity contribution in [2.45, 2.75) is 39.2 Å². The molecule has 0 aromatic rings. The van der Waals surface area contributed by atoms with Gasteiger partial charge in [-0.1, -0.05) is 0 Å². The van der Waals surface area contributed by atoms with E-state index in [0.29, 0.717) is 19.4 Å². The first-order chi connectivity index (χ1) is 8.74. The Morgan fingerprint density at radius 2 is 2.00 bits per heavy atom. The van der Waals surface area contributed by atoms with Gasteiger partial charge in [-0.05, 0) is 33.6 Å². The lowest BCUT2D eigenvalue weighted by molar-refractivity contribution is -0.153. The van der Waals surface area contributed by atoms with Crippen LogP contribution < -0.4 is 0 Å². The summed E-state index contributed by atoms with van der Waals surface area (Å²) in [5.74, 6) is -0.382. The molecule has 1 heterocycles. The van der Waals surface area contributed by atoms with Crippen LogP contribution in [0.2, 0.25) is 0 Å². The fourth-order valence-corrected chi connectivity index (χ4v) is 2.26. The van der Waals surface area contributed by atoms with Crippen LogP contribution in [-0.4, -0.2) is 54.5 Å². The maximum Gasteiger partial charge on any atom is 0.410 e. The third-order valence-electron chi connectivity index (χ3n) is 3.21. The van der Waals surface area contributed by atoms with E-state index in [9.17, 15) is 9.59 Å². The molecule has 1 N–H and O–H groups in total. The molecule has 1 aliphatic heterocycles. The number of amides is 1. The second-order valence-electron chi connectivity index (χ2n) is 5.90. The topological polar surface area (TPSA) is 76.1 Å². The number of ether oxygens (including phenoxy) is 2. The van der Waals surface area contributed by atoms with Crippen LogP contribution in [0.25, 0.3) is 0 Å². The predicted octanol–water partition coefficient (Wildman–Crippen LogP) is 1.17. The highest BCUT2D eigenvalue weighted by molar-refractivity contribution is 5.79. The molecular formula is C13H23NO5. The molecule has 1 rings (SSSR count). The Morgan fingerprint density at radius 3 is 2.47 bits per heavy atom. The number of hydrogen-bond acceptors (Lipinski definition) is 5. The third-order valence-corrected chi connectivity index (χ3v) is 3.21. The molecule has 0 spiro atoms. The minimum Gasteiger partial charge on any atom is -0.469 e. The van der Waals surface area contributed by atoms with Crippen molar-refractivity contribution in [1.29, 1.82) is 0 Å². The van der Waals surface area contributed by atoms with Gasteiger partial charge in [-0.25, -0.2) is 4.79 Å². The monoisotopic (exact) mass is 273 g/mol. The van der Waals surface area contributed by atoms with Gasteiger partial charge in [0.25, 0.3) is 0 Å². The number of aliphatic hydroxyl groups is 1. The zero-order valence-corrected chi connectivity index (χ0v) is 12.1. The van der Waals surface area contributed by atoms with Gasteiger partial charge >= 0.3 is 12.1 Å². The highest BCUT2D eigenvalue weighted by atomic mass is 16.6. The fourth-order valence-electron chi connectivity index (χ4n) is 2.26. The lowest BCUT2D eigenvalue weighted by atomic mass is 9.84. The van der Waals surface area contributed by atoms with Gasteiger partial charge in [0.05, 0.1) is 12.5 Å². The second-order valence-corrected chi connectivity index (χ2v) is 5.90. The summed E-state index contributed by atoms with van der Waals surface area (Å²) in [5.41, 5.74) is -1.37. The summed E-state index contributed by atoms with van der Waals surface area (Å²) < 4.78 is 10.1. The van der Waals surface area contributed by atoms with Crippen molar-refractivity contribution in [1.82, 2.24) is 4.90 Å². The largest absolute Gasteiger partial charge is 0.469 e. The molecule has 0 aromatic heterocycles. The van der Waals surface area contributed by atoms with E-state index in [0.717, 1.165) is 0 Å². The molecule has 1 unspecified atom stereocenters. The second kappa shape index (κ2) is 5.77. The Bertz CT molecular complexity index is 349. The summed E-state index contributed by atoms with van der Waals surface area (Å²) in [6.45, 7) is 5.93. The Hall–Kier alpha value is -1.30. The van der Waals surface area contributed by atoms with Gasteiger partial charge in [-0.15, -0.1) is 0 Å². The minimum atomic E-state index is -0.805. The standard InChI is InChI=1S/C13H23NO5/c1-12(2,3)19-11(17)14-7-5-13(9-14,6-8-15)10(16)18-4/h15H,5-9H2,1-4H3. The Kier molecular flexibility index (Phi) is 4.79. The van der Waals surface area contributed by atoms with Crippen LogP contribution in [0.15, 0.2) is 0 Å². The molecule has 6 nitrogen and oxygen atoms in total. The van der Waals surface area contributed by atoms with E-state index >= 15 is 0 Å². The van der Waals surface area contributed by atoms with E-state index in [1.807, 2.05) is 0 Å². The molecule has 0 radical (unpaired) electrons. The number of esters is 1.